The van der Waals surface area contributed by atoms with Crippen molar-refractivity contribution in [2.24, 2.45) is 0 Å². The Balaban J connectivity index is 1.83. The molecule has 2 aliphatic heterocycles. The lowest BCUT2D eigenvalue weighted by Crippen LogP contribution is -2.58. The Hall–Kier alpha value is 0.724. The summed E-state index contributed by atoms with van der Waals surface area (Å²) >= 11 is 0. The van der Waals surface area contributed by atoms with Crippen molar-refractivity contribution in [1.82, 2.24) is 0 Å². The molecule has 2 saturated heterocycles. The average molecular weight is 517 g/mol. The first-order valence-corrected chi connectivity index (χ1v) is 21.9. The molecule has 2 fully saturated rings. The predicted molar refractivity (Wildman–Crippen MR) is 125 cm³/mol. The molecule has 178 valence electrons. The van der Waals surface area contributed by atoms with Crippen LogP contribution in [0.1, 0.15) is 12.8 Å². The molecule has 0 saturated carbocycles. The first kappa shape index (κ1) is 27.0. The molecule has 2 aliphatic rings. The summed E-state index contributed by atoms with van der Waals surface area (Å²) in [5.74, 6) is 0. The summed E-state index contributed by atoms with van der Waals surface area (Å²) in [6, 6.07) is 2.47. The number of hydrogen-bond donors (Lipinski definition) is 0. The molecule has 0 aliphatic carbocycles. The van der Waals surface area contributed by atoms with Gasteiger partial charge in [0.2, 0.25) is 0 Å². The van der Waals surface area contributed by atoms with Crippen molar-refractivity contribution in [2.45, 2.75) is 63.3 Å². The highest BCUT2D eigenvalue weighted by Gasteiger charge is 2.46. The van der Waals surface area contributed by atoms with Gasteiger partial charge in [-0.15, -0.1) is 0 Å². The number of hydrogen-bond acceptors (Lipinski definition) is 9. The summed E-state index contributed by atoms with van der Waals surface area (Å²) in [7, 11) is -6.08. The Labute approximate surface area is 188 Å². The van der Waals surface area contributed by atoms with Crippen LogP contribution in [0.2, 0.25) is 44.3 Å². The van der Waals surface area contributed by atoms with Crippen LogP contribution < -0.4 is 0 Å². The Bertz CT molecular complexity index is 487. The molecular weight excluding hydrogens is 477 g/mol. The van der Waals surface area contributed by atoms with Gasteiger partial charge < -0.3 is 39.2 Å². The van der Waals surface area contributed by atoms with Crippen molar-refractivity contribution in [3.63, 3.8) is 0 Å². The van der Waals surface area contributed by atoms with Gasteiger partial charge in [-0.3, -0.25) is 0 Å². The Morgan fingerprint density at radius 1 is 0.867 bits per heavy atom. The third-order valence-corrected chi connectivity index (χ3v) is 24.0. The van der Waals surface area contributed by atoms with E-state index in [0.29, 0.717) is 19.3 Å². The topological polar surface area (TPSA) is 86.4 Å². The maximum Gasteiger partial charge on any atom is 0.500 e. The van der Waals surface area contributed by atoms with Crippen LogP contribution in [0.25, 0.3) is 0 Å². The van der Waals surface area contributed by atoms with Crippen LogP contribution >= 0.6 is 0 Å². The molecule has 0 N–H and O–H groups in total. The van der Waals surface area contributed by atoms with Gasteiger partial charge in [0.1, 0.15) is 6.10 Å². The van der Waals surface area contributed by atoms with Crippen molar-refractivity contribution in [2.75, 3.05) is 41.2 Å². The molecule has 2 heterocycles. The fraction of sp³-hybridized carbons (Fsp3) is 1.00. The minimum Gasteiger partial charge on any atom is -0.418 e. The molecule has 2 rings (SSSR count). The largest absolute Gasteiger partial charge is 0.500 e. The zero-order valence-corrected chi connectivity index (χ0v) is 24.9. The van der Waals surface area contributed by atoms with Crippen LogP contribution in [0.4, 0.5) is 0 Å². The summed E-state index contributed by atoms with van der Waals surface area (Å²) in [6.45, 7) is 10.6. The monoisotopic (exact) mass is 516 g/mol. The van der Waals surface area contributed by atoms with E-state index in [-0.39, 0.29) is 0 Å². The smallest absolute Gasteiger partial charge is 0.418 e. The van der Waals surface area contributed by atoms with Gasteiger partial charge in [-0.25, -0.2) is 0 Å². The standard InChI is InChI=1S/C16H40O9Si5/c1-17-30(18-2,19-3)13-9-12-29(7)24-26(4)22-28(6,23-27(5)25-29)11-8-10-20-14-16-15-21-16/h16,26-27H,8-15H2,1-7H3. The average Bonchev–Trinajstić information content (AvgIpc) is 3.48. The summed E-state index contributed by atoms with van der Waals surface area (Å²) in [4.78, 5) is 0. The number of ether oxygens (including phenoxy) is 2. The van der Waals surface area contributed by atoms with Gasteiger partial charge in [0.15, 0.2) is 0 Å². The molecule has 3 unspecified atom stereocenters. The van der Waals surface area contributed by atoms with Crippen molar-refractivity contribution in [3.05, 3.63) is 0 Å². The van der Waals surface area contributed by atoms with Crippen molar-refractivity contribution in [1.29, 1.82) is 0 Å². The molecule has 0 radical (unpaired) electrons. The molecule has 9 nitrogen and oxygen atoms in total. The molecule has 0 aromatic carbocycles. The Morgan fingerprint density at radius 2 is 1.33 bits per heavy atom. The molecule has 0 aromatic rings. The van der Waals surface area contributed by atoms with E-state index in [9.17, 15) is 0 Å². The van der Waals surface area contributed by atoms with Gasteiger partial charge in [-0.1, -0.05) is 0 Å². The number of rotatable bonds is 13. The highest BCUT2D eigenvalue weighted by molar-refractivity contribution is 6.85. The zero-order chi connectivity index (χ0) is 22.3. The van der Waals surface area contributed by atoms with Crippen LogP contribution in [0.5, 0.6) is 0 Å². The first-order valence-electron chi connectivity index (χ1n) is 10.7. The molecule has 3 atom stereocenters. The van der Waals surface area contributed by atoms with Crippen molar-refractivity contribution < 1.29 is 39.2 Å². The van der Waals surface area contributed by atoms with Gasteiger partial charge in [0.25, 0.3) is 0 Å². The molecular formula is C16H40O9Si5. The zero-order valence-electron chi connectivity index (χ0n) is 19.6. The highest BCUT2D eigenvalue weighted by Crippen LogP contribution is 2.29. The van der Waals surface area contributed by atoms with E-state index in [0.717, 1.165) is 37.6 Å². The van der Waals surface area contributed by atoms with Crippen molar-refractivity contribution in [3.8, 4) is 0 Å². The summed E-state index contributed by atoms with van der Waals surface area (Å²) in [5.41, 5.74) is 0. The lowest BCUT2D eigenvalue weighted by molar-refractivity contribution is 0.115. The van der Waals surface area contributed by atoms with E-state index in [1.807, 2.05) is 0 Å². The fourth-order valence-electron chi connectivity index (χ4n) is 3.80. The molecule has 0 spiro atoms. The van der Waals surface area contributed by atoms with E-state index in [1.165, 1.54) is 0 Å². The third-order valence-electron chi connectivity index (χ3n) is 5.33. The second-order valence-corrected chi connectivity index (χ2v) is 22.8. The van der Waals surface area contributed by atoms with Crippen LogP contribution in [-0.4, -0.2) is 91.7 Å². The third kappa shape index (κ3) is 8.93. The lowest BCUT2D eigenvalue weighted by Gasteiger charge is -2.41. The predicted octanol–water partition coefficient (Wildman–Crippen LogP) is 1.98. The minimum atomic E-state index is -2.58. The summed E-state index contributed by atoms with van der Waals surface area (Å²) < 4.78 is 53.3. The summed E-state index contributed by atoms with van der Waals surface area (Å²) in [6.07, 6.45) is 2.09. The SMILES string of the molecule is CO[Si](CCC[Si]1(C)O[SiH](C)O[Si](C)(CCCOCC2CO2)O[SiH](C)O1)(OC)OC. The Kier molecular flexibility index (Phi) is 11.0. The minimum absolute atomic E-state index is 0.306. The number of epoxide rings is 1. The van der Waals surface area contributed by atoms with Gasteiger partial charge in [-0.05, 0) is 51.1 Å². The lowest BCUT2D eigenvalue weighted by atomic mass is 10.5. The van der Waals surface area contributed by atoms with Gasteiger partial charge >= 0.3 is 44.5 Å². The van der Waals surface area contributed by atoms with Crippen LogP contribution in [0.15, 0.2) is 0 Å². The molecule has 0 bridgehead atoms. The van der Waals surface area contributed by atoms with Gasteiger partial charge in [-0.2, -0.15) is 0 Å². The van der Waals surface area contributed by atoms with E-state index >= 15 is 0 Å². The van der Waals surface area contributed by atoms with Crippen molar-refractivity contribution >= 4 is 44.5 Å². The maximum absolute atomic E-state index is 6.50. The second-order valence-electron chi connectivity index (χ2n) is 8.16. The first-order chi connectivity index (χ1) is 14.2. The van der Waals surface area contributed by atoms with E-state index in [1.54, 1.807) is 21.3 Å². The summed E-state index contributed by atoms with van der Waals surface area (Å²) in [5, 5.41) is 0. The van der Waals surface area contributed by atoms with E-state index < -0.39 is 44.5 Å². The normalized spacial score (nSPS) is 35.1. The maximum atomic E-state index is 6.50. The van der Waals surface area contributed by atoms with Crippen LogP contribution in [0.3, 0.4) is 0 Å². The van der Waals surface area contributed by atoms with Crippen LogP contribution in [-0.2, 0) is 39.2 Å². The van der Waals surface area contributed by atoms with E-state index in [2.05, 4.69) is 26.2 Å². The van der Waals surface area contributed by atoms with Gasteiger partial charge in [0, 0.05) is 34.0 Å². The van der Waals surface area contributed by atoms with Gasteiger partial charge in [0.05, 0.1) is 13.2 Å². The van der Waals surface area contributed by atoms with E-state index in [4.69, 9.17) is 39.2 Å². The molecule has 30 heavy (non-hydrogen) atoms. The Morgan fingerprint density at radius 3 is 1.77 bits per heavy atom. The second kappa shape index (κ2) is 12.3. The quantitative estimate of drug-likeness (QED) is 0.207. The molecule has 14 heteroatoms. The fourth-order valence-corrected chi connectivity index (χ4v) is 23.3. The van der Waals surface area contributed by atoms with Crippen LogP contribution in [0, 0.1) is 0 Å². The molecule has 0 amide bonds. The molecule has 0 aromatic heterocycles. The highest BCUT2D eigenvalue weighted by atomic mass is 28.5.